The number of carbonyl (C=O) groups excluding carboxylic acids is 1. The monoisotopic (exact) mass is 312 g/mol. The van der Waals surface area contributed by atoms with Gasteiger partial charge in [-0.25, -0.2) is 0 Å². The predicted molar refractivity (Wildman–Crippen MR) is 80.0 cm³/mol. The normalized spacial score (nSPS) is 16.1. The van der Waals surface area contributed by atoms with E-state index >= 15 is 0 Å². The van der Waals surface area contributed by atoms with Crippen molar-refractivity contribution in [2.45, 2.75) is 24.3 Å². The van der Waals surface area contributed by atoms with Gasteiger partial charge in [-0.1, -0.05) is 0 Å². The van der Waals surface area contributed by atoms with Gasteiger partial charge in [-0.15, -0.1) is 0 Å². The highest BCUT2D eigenvalue weighted by molar-refractivity contribution is 7.85. The van der Waals surface area contributed by atoms with Crippen LogP contribution in [0.1, 0.15) is 13.3 Å². The molecule has 116 valence electrons. The highest BCUT2D eigenvalue weighted by Gasteiger charge is 2.15. The van der Waals surface area contributed by atoms with Crippen LogP contribution in [0, 0.1) is 0 Å². The molecule has 7 heteroatoms. The molecular weight excluding hydrogens is 292 g/mol. The second-order valence-corrected chi connectivity index (χ2v) is 6.38. The fourth-order valence-corrected chi connectivity index (χ4v) is 2.94. The summed E-state index contributed by atoms with van der Waals surface area (Å²) in [5.41, 5.74) is 5.43. The third kappa shape index (κ3) is 4.44. The Morgan fingerprint density at radius 3 is 2.81 bits per heavy atom. The SMILES string of the molecule is C[C@@H](CN)NC(=O)CCS(=O)c1ccc2c(c1)OCCO2. The summed E-state index contributed by atoms with van der Waals surface area (Å²) in [4.78, 5) is 12.3. The van der Waals surface area contributed by atoms with Crippen LogP contribution in [-0.4, -0.2) is 41.7 Å². The lowest BCUT2D eigenvalue weighted by molar-refractivity contribution is -0.121. The Balaban J connectivity index is 1.90. The number of nitrogens with two attached hydrogens (primary N) is 1. The maximum Gasteiger partial charge on any atom is 0.221 e. The van der Waals surface area contributed by atoms with E-state index in [2.05, 4.69) is 5.32 Å². The number of ether oxygens (including phenoxy) is 2. The zero-order valence-electron chi connectivity index (χ0n) is 12.0. The number of benzene rings is 1. The van der Waals surface area contributed by atoms with Gasteiger partial charge >= 0.3 is 0 Å². The first-order valence-corrected chi connectivity index (χ1v) is 8.19. The Kier molecular flexibility index (Phi) is 5.58. The molecule has 6 nitrogen and oxygen atoms in total. The molecule has 2 rings (SSSR count). The first-order chi connectivity index (χ1) is 10.1. The number of fused-ring (bicyclic) bond motifs is 1. The molecule has 0 bridgehead atoms. The molecule has 1 unspecified atom stereocenters. The van der Waals surface area contributed by atoms with Crippen LogP contribution in [0.25, 0.3) is 0 Å². The van der Waals surface area contributed by atoms with Crippen molar-refractivity contribution < 1.29 is 18.5 Å². The minimum Gasteiger partial charge on any atom is -0.486 e. The summed E-state index contributed by atoms with van der Waals surface area (Å²) < 4.78 is 23.1. The van der Waals surface area contributed by atoms with Gasteiger partial charge in [0, 0.05) is 35.7 Å². The maximum atomic E-state index is 12.2. The van der Waals surface area contributed by atoms with Crippen LogP contribution in [0.4, 0.5) is 0 Å². The lowest BCUT2D eigenvalue weighted by atomic mass is 10.3. The Morgan fingerprint density at radius 2 is 2.10 bits per heavy atom. The smallest absolute Gasteiger partial charge is 0.221 e. The first-order valence-electron chi connectivity index (χ1n) is 6.87. The van der Waals surface area contributed by atoms with Crippen LogP contribution in [0.2, 0.25) is 0 Å². The number of rotatable bonds is 6. The van der Waals surface area contributed by atoms with Crippen LogP contribution in [0.15, 0.2) is 23.1 Å². The topological polar surface area (TPSA) is 90.7 Å². The first kappa shape index (κ1) is 15.8. The molecule has 0 spiro atoms. The van der Waals surface area contributed by atoms with Gasteiger partial charge in [-0.2, -0.15) is 0 Å². The number of nitrogens with one attached hydrogen (secondary N) is 1. The van der Waals surface area contributed by atoms with E-state index in [1.807, 2.05) is 6.92 Å². The van der Waals surface area contributed by atoms with Crippen molar-refractivity contribution in [1.82, 2.24) is 5.32 Å². The van der Waals surface area contributed by atoms with Gasteiger partial charge in [-0.05, 0) is 19.1 Å². The van der Waals surface area contributed by atoms with Gasteiger partial charge in [0.15, 0.2) is 11.5 Å². The molecule has 0 saturated heterocycles. The largest absolute Gasteiger partial charge is 0.486 e. The number of hydrogen-bond acceptors (Lipinski definition) is 5. The molecule has 0 aromatic heterocycles. The summed E-state index contributed by atoms with van der Waals surface area (Å²) in [5, 5.41) is 2.74. The molecule has 1 heterocycles. The van der Waals surface area contributed by atoms with Gasteiger partial charge in [0.05, 0.1) is 10.8 Å². The van der Waals surface area contributed by atoms with E-state index in [-0.39, 0.29) is 24.1 Å². The minimum atomic E-state index is -1.25. The van der Waals surface area contributed by atoms with Crippen LogP contribution >= 0.6 is 0 Å². The Hall–Kier alpha value is -1.60. The van der Waals surface area contributed by atoms with Gasteiger partial charge in [0.25, 0.3) is 0 Å². The van der Waals surface area contributed by atoms with E-state index in [4.69, 9.17) is 15.2 Å². The molecule has 1 aliphatic heterocycles. The molecule has 1 aromatic rings. The Bertz CT molecular complexity index is 536. The number of amides is 1. The van der Waals surface area contributed by atoms with Gasteiger partial charge < -0.3 is 20.5 Å². The van der Waals surface area contributed by atoms with Crippen LogP contribution < -0.4 is 20.5 Å². The maximum absolute atomic E-state index is 12.2. The van der Waals surface area contributed by atoms with E-state index in [1.165, 1.54) is 0 Å². The zero-order valence-corrected chi connectivity index (χ0v) is 12.8. The van der Waals surface area contributed by atoms with Gasteiger partial charge in [0.1, 0.15) is 13.2 Å². The zero-order chi connectivity index (χ0) is 15.2. The van der Waals surface area contributed by atoms with Crippen LogP contribution in [0.3, 0.4) is 0 Å². The minimum absolute atomic E-state index is 0.0692. The number of hydrogen-bond donors (Lipinski definition) is 2. The van der Waals surface area contributed by atoms with E-state index in [0.29, 0.717) is 36.2 Å². The summed E-state index contributed by atoms with van der Waals surface area (Å²) >= 11 is 0. The Labute approximate surface area is 126 Å². The van der Waals surface area contributed by atoms with Crippen LogP contribution in [0.5, 0.6) is 11.5 Å². The lowest BCUT2D eigenvalue weighted by Crippen LogP contribution is -2.38. The fraction of sp³-hybridized carbons (Fsp3) is 0.500. The van der Waals surface area contributed by atoms with Crippen molar-refractivity contribution in [2.24, 2.45) is 5.73 Å². The molecule has 0 aliphatic carbocycles. The highest BCUT2D eigenvalue weighted by atomic mass is 32.2. The molecule has 0 radical (unpaired) electrons. The molecule has 3 N–H and O–H groups in total. The van der Waals surface area contributed by atoms with Crippen molar-refractivity contribution in [1.29, 1.82) is 0 Å². The summed E-state index contributed by atoms with van der Waals surface area (Å²) in [7, 11) is -1.25. The molecular formula is C14H20N2O4S. The summed E-state index contributed by atoms with van der Waals surface area (Å²) in [5.74, 6) is 1.40. The van der Waals surface area contributed by atoms with Crippen molar-refractivity contribution in [3.05, 3.63) is 18.2 Å². The predicted octanol–water partition coefficient (Wildman–Crippen LogP) is 0.419. The summed E-state index contributed by atoms with van der Waals surface area (Å²) in [6, 6.07) is 5.13. The summed E-state index contributed by atoms with van der Waals surface area (Å²) in [6.07, 6.45) is 0.200. The third-order valence-electron chi connectivity index (χ3n) is 3.05. The standard InChI is InChI=1S/C14H20N2O4S/c1-10(9-15)16-14(17)4-7-21(18)11-2-3-12-13(8-11)20-6-5-19-12/h2-3,8,10H,4-7,9,15H2,1H3,(H,16,17)/t10-,21?/m0/s1. The van der Waals surface area contributed by atoms with E-state index in [9.17, 15) is 9.00 Å². The van der Waals surface area contributed by atoms with E-state index < -0.39 is 10.8 Å². The fourth-order valence-electron chi connectivity index (χ4n) is 1.87. The van der Waals surface area contributed by atoms with Crippen molar-refractivity contribution in [3.8, 4) is 11.5 Å². The highest BCUT2D eigenvalue weighted by Crippen LogP contribution is 2.31. The molecule has 0 fully saturated rings. The lowest BCUT2D eigenvalue weighted by Gasteiger charge is -2.18. The second-order valence-electron chi connectivity index (χ2n) is 4.81. The average molecular weight is 312 g/mol. The molecule has 1 aliphatic rings. The third-order valence-corrected chi connectivity index (χ3v) is 4.41. The Morgan fingerprint density at radius 1 is 1.38 bits per heavy atom. The van der Waals surface area contributed by atoms with E-state index in [0.717, 1.165) is 0 Å². The van der Waals surface area contributed by atoms with Gasteiger partial charge in [-0.3, -0.25) is 9.00 Å². The van der Waals surface area contributed by atoms with Crippen molar-refractivity contribution in [3.63, 3.8) is 0 Å². The second kappa shape index (κ2) is 7.42. The average Bonchev–Trinajstić information content (AvgIpc) is 2.51. The quantitative estimate of drug-likeness (QED) is 0.794. The molecule has 1 amide bonds. The van der Waals surface area contributed by atoms with Crippen LogP contribution in [-0.2, 0) is 15.6 Å². The number of carbonyl (C=O) groups is 1. The molecule has 0 saturated carbocycles. The molecule has 1 aromatic carbocycles. The van der Waals surface area contributed by atoms with Gasteiger partial charge in [0.2, 0.25) is 5.91 Å². The van der Waals surface area contributed by atoms with Crippen molar-refractivity contribution >= 4 is 16.7 Å². The van der Waals surface area contributed by atoms with Crippen molar-refractivity contribution in [2.75, 3.05) is 25.5 Å². The van der Waals surface area contributed by atoms with E-state index in [1.54, 1.807) is 18.2 Å². The molecule has 21 heavy (non-hydrogen) atoms. The summed E-state index contributed by atoms with van der Waals surface area (Å²) in [6.45, 7) is 3.23. The molecule has 2 atom stereocenters.